The van der Waals surface area contributed by atoms with Crippen LogP contribution in [-0.4, -0.2) is 38.8 Å². The summed E-state index contributed by atoms with van der Waals surface area (Å²) < 4.78 is 17.7. The highest BCUT2D eigenvalue weighted by molar-refractivity contribution is 5.78. The lowest BCUT2D eigenvalue weighted by Gasteiger charge is -2.36. The molecule has 0 bridgehead atoms. The second-order valence-electron chi connectivity index (χ2n) is 5.14. The molecule has 1 aliphatic carbocycles. The number of benzene rings is 1. The molecule has 0 saturated heterocycles. The van der Waals surface area contributed by atoms with E-state index in [4.69, 9.17) is 4.74 Å². The number of methoxy groups -OCH3 is 1. The first kappa shape index (κ1) is 14.9. The van der Waals surface area contributed by atoms with E-state index in [0.29, 0.717) is 31.7 Å². The van der Waals surface area contributed by atoms with Crippen molar-refractivity contribution in [1.29, 1.82) is 0 Å². The normalized spacial score (nSPS) is 21.3. The standard InChI is InChI=1S/C15H21FN2O2/c1-20-7-6-17-15(19)10-18-14-8-12(9-14)11-2-4-13(16)5-3-11/h2-5,12,14,18H,6-10H2,1H3,(H,17,19). The molecule has 2 N–H and O–H groups in total. The Morgan fingerprint density at radius 2 is 2.05 bits per heavy atom. The Kier molecular flexibility index (Phi) is 5.49. The molecule has 1 amide bonds. The smallest absolute Gasteiger partial charge is 0.234 e. The molecule has 1 aromatic rings. The molecular weight excluding hydrogens is 259 g/mol. The van der Waals surface area contributed by atoms with Gasteiger partial charge in [-0.2, -0.15) is 0 Å². The summed E-state index contributed by atoms with van der Waals surface area (Å²) in [4.78, 5) is 11.5. The second-order valence-corrected chi connectivity index (χ2v) is 5.14. The molecule has 0 spiro atoms. The molecule has 1 aromatic carbocycles. The molecule has 4 nitrogen and oxygen atoms in total. The monoisotopic (exact) mass is 280 g/mol. The molecule has 0 radical (unpaired) electrons. The van der Waals surface area contributed by atoms with Gasteiger partial charge in [0.25, 0.3) is 0 Å². The Hall–Kier alpha value is -1.46. The summed E-state index contributed by atoms with van der Waals surface area (Å²) in [5, 5.41) is 6.00. The van der Waals surface area contributed by atoms with Gasteiger partial charge in [-0.3, -0.25) is 4.79 Å². The van der Waals surface area contributed by atoms with Gasteiger partial charge in [0.2, 0.25) is 5.91 Å². The first-order valence-electron chi connectivity index (χ1n) is 6.93. The molecular formula is C15H21FN2O2. The minimum absolute atomic E-state index is 0.00715. The number of nitrogens with one attached hydrogen (secondary N) is 2. The Bertz CT molecular complexity index is 430. The van der Waals surface area contributed by atoms with Crippen LogP contribution in [0.2, 0.25) is 0 Å². The number of carbonyl (C=O) groups is 1. The van der Waals surface area contributed by atoms with Crippen molar-refractivity contribution in [2.24, 2.45) is 0 Å². The Labute approximate surface area is 118 Å². The van der Waals surface area contributed by atoms with E-state index in [1.807, 2.05) is 12.1 Å². The molecule has 0 heterocycles. The van der Waals surface area contributed by atoms with Gasteiger partial charge in [-0.15, -0.1) is 0 Å². The average molecular weight is 280 g/mol. The van der Waals surface area contributed by atoms with Crippen molar-refractivity contribution in [2.45, 2.75) is 24.8 Å². The van der Waals surface area contributed by atoms with Crippen LogP contribution in [0.25, 0.3) is 0 Å². The predicted octanol–water partition coefficient (Wildman–Crippen LogP) is 1.42. The van der Waals surface area contributed by atoms with Gasteiger partial charge in [0.1, 0.15) is 5.82 Å². The van der Waals surface area contributed by atoms with Crippen LogP contribution < -0.4 is 10.6 Å². The first-order valence-corrected chi connectivity index (χ1v) is 6.93. The Morgan fingerprint density at radius 1 is 1.35 bits per heavy atom. The number of amides is 1. The third-order valence-electron chi connectivity index (χ3n) is 3.66. The predicted molar refractivity (Wildman–Crippen MR) is 75.1 cm³/mol. The summed E-state index contributed by atoms with van der Waals surface area (Å²) in [5.41, 5.74) is 1.17. The van der Waals surface area contributed by atoms with Gasteiger partial charge in [-0.25, -0.2) is 4.39 Å². The number of hydrogen-bond donors (Lipinski definition) is 2. The van der Waals surface area contributed by atoms with E-state index in [0.717, 1.165) is 12.8 Å². The van der Waals surface area contributed by atoms with Crippen molar-refractivity contribution in [2.75, 3.05) is 26.8 Å². The third kappa shape index (κ3) is 4.28. The van der Waals surface area contributed by atoms with E-state index >= 15 is 0 Å². The van der Waals surface area contributed by atoms with Gasteiger partial charge in [-0.1, -0.05) is 12.1 Å². The highest BCUT2D eigenvalue weighted by Gasteiger charge is 2.30. The molecule has 5 heteroatoms. The SMILES string of the molecule is COCCNC(=O)CNC1CC(c2ccc(F)cc2)C1. The van der Waals surface area contributed by atoms with Gasteiger partial charge >= 0.3 is 0 Å². The molecule has 0 aromatic heterocycles. The van der Waals surface area contributed by atoms with Gasteiger partial charge in [0, 0.05) is 19.7 Å². The molecule has 20 heavy (non-hydrogen) atoms. The summed E-state index contributed by atoms with van der Waals surface area (Å²) in [6, 6.07) is 7.05. The highest BCUT2D eigenvalue weighted by atomic mass is 19.1. The maximum absolute atomic E-state index is 12.8. The minimum Gasteiger partial charge on any atom is -0.383 e. The first-order chi connectivity index (χ1) is 9.69. The second kappa shape index (κ2) is 7.36. The van der Waals surface area contributed by atoms with E-state index in [1.54, 1.807) is 7.11 Å². The zero-order valence-electron chi connectivity index (χ0n) is 11.7. The molecule has 110 valence electrons. The summed E-state index contributed by atoms with van der Waals surface area (Å²) in [7, 11) is 1.61. The van der Waals surface area contributed by atoms with Gasteiger partial charge in [0.05, 0.1) is 13.2 Å². The van der Waals surface area contributed by atoms with Crippen molar-refractivity contribution in [3.63, 3.8) is 0 Å². The number of ether oxygens (including phenoxy) is 1. The van der Waals surface area contributed by atoms with E-state index in [-0.39, 0.29) is 11.7 Å². The molecule has 2 rings (SSSR count). The maximum atomic E-state index is 12.8. The van der Waals surface area contributed by atoms with Crippen molar-refractivity contribution in [3.8, 4) is 0 Å². The van der Waals surface area contributed by atoms with Crippen molar-refractivity contribution >= 4 is 5.91 Å². The van der Waals surface area contributed by atoms with E-state index < -0.39 is 0 Å². The fourth-order valence-corrected chi connectivity index (χ4v) is 2.38. The van der Waals surface area contributed by atoms with Crippen LogP contribution in [0.4, 0.5) is 4.39 Å². The van der Waals surface area contributed by atoms with E-state index in [2.05, 4.69) is 10.6 Å². The Balaban J connectivity index is 1.62. The number of carbonyl (C=O) groups excluding carboxylic acids is 1. The Morgan fingerprint density at radius 3 is 2.70 bits per heavy atom. The molecule has 0 unspecified atom stereocenters. The molecule has 1 saturated carbocycles. The topological polar surface area (TPSA) is 50.4 Å². The summed E-state index contributed by atoms with van der Waals surface area (Å²) in [6.07, 6.45) is 1.99. The molecule has 0 atom stereocenters. The lowest BCUT2D eigenvalue weighted by molar-refractivity contribution is -0.120. The van der Waals surface area contributed by atoms with Crippen LogP contribution in [0, 0.1) is 5.82 Å². The zero-order valence-corrected chi connectivity index (χ0v) is 11.7. The highest BCUT2D eigenvalue weighted by Crippen LogP contribution is 2.36. The lowest BCUT2D eigenvalue weighted by Crippen LogP contribution is -2.45. The van der Waals surface area contributed by atoms with Gasteiger partial charge in [-0.05, 0) is 36.5 Å². The summed E-state index contributed by atoms with van der Waals surface area (Å²) in [6.45, 7) is 1.41. The van der Waals surface area contributed by atoms with Gasteiger partial charge < -0.3 is 15.4 Å². The van der Waals surface area contributed by atoms with Crippen LogP contribution in [0.1, 0.15) is 24.3 Å². The lowest BCUT2D eigenvalue weighted by atomic mass is 9.76. The fourth-order valence-electron chi connectivity index (χ4n) is 2.38. The van der Waals surface area contributed by atoms with Crippen LogP contribution in [0.3, 0.4) is 0 Å². The summed E-state index contributed by atoms with van der Waals surface area (Å²) in [5.74, 6) is 0.271. The number of halogens is 1. The maximum Gasteiger partial charge on any atom is 0.234 e. The molecule has 1 fully saturated rings. The zero-order chi connectivity index (χ0) is 14.4. The van der Waals surface area contributed by atoms with Gasteiger partial charge in [0.15, 0.2) is 0 Å². The quantitative estimate of drug-likeness (QED) is 0.743. The molecule has 1 aliphatic rings. The minimum atomic E-state index is -0.199. The van der Waals surface area contributed by atoms with Crippen LogP contribution in [-0.2, 0) is 9.53 Å². The van der Waals surface area contributed by atoms with Crippen LogP contribution >= 0.6 is 0 Å². The number of rotatable bonds is 7. The van der Waals surface area contributed by atoms with Crippen molar-refractivity contribution in [1.82, 2.24) is 10.6 Å². The van der Waals surface area contributed by atoms with Crippen LogP contribution in [0.5, 0.6) is 0 Å². The summed E-state index contributed by atoms with van der Waals surface area (Å²) >= 11 is 0. The largest absolute Gasteiger partial charge is 0.383 e. The van der Waals surface area contributed by atoms with Crippen molar-refractivity contribution in [3.05, 3.63) is 35.6 Å². The fraction of sp³-hybridized carbons (Fsp3) is 0.533. The van der Waals surface area contributed by atoms with E-state index in [9.17, 15) is 9.18 Å². The van der Waals surface area contributed by atoms with Crippen molar-refractivity contribution < 1.29 is 13.9 Å². The van der Waals surface area contributed by atoms with E-state index in [1.165, 1.54) is 17.7 Å². The third-order valence-corrected chi connectivity index (χ3v) is 3.66. The molecule has 0 aliphatic heterocycles. The van der Waals surface area contributed by atoms with Crippen LogP contribution in [0.15, 0.2) is 24.3 Å². The average Bonchev–Trinajstić information content (AvgIpc) is 2.39. The number of hydrogen-bond acceptors (Lipinski definition) is 3.